The van der Waals surface area contributed by atoms with Gasteiger partial charge in [-0.15, -0.1) is 0 Å². The Morgan fingerprint density at radius 3 is 2.79 bits per heavy atom. The van der Waals surface area contributed by atoms with Gasteiger partial charge in [-0.05, 0) is 49.2 Å². The van der Waals surface area contributed by atoms with Crippen molar-refractivity contribution in [2.45, 2.75) is 18.9 Å². The summed E-state index contributed by atoms with van der Waals surface area (Å²) in [4.78, 5) is 12.2. The normalized spacial score (nSPS) is 16.8. The molecule has 2 aromatic carbocycles. The molecule has 126 valence electrons. The van der Waals surface area contributed by atoms with Crippen LogP contribution in [-0.2, 0) is 4.74 Å². The highest BCUT2D eigenvalue weighted by molar-refractivity contribution is 6.31. The molecule has 0 aromatic heterocycles. The number of carbonyl (C=O) groups excluding carboxylic acids is 1. The molecule has 1 N–H and O–H groups in total. The van der Waals surface area contributed by atoms with Gasteiger partial charge < -0.3 is 14.8 Å². The molecule has 1 amide bonds. The van der Waals surface area contributed by atoms with E-state index in [2.05, 4.69) is 5.32 Å². The van der Waals surface area contributed by atoms with Gasteiger partial charge in [-0.3, -0.25) is 4.79 Å². The quantitative estimate of drug-likeness (QED) is 0.876. The van der Waals surface area contributed by atoms with Gasteiger partial charge in [0, 0.05) is 12.2 Å². The number of nitrogens with one attached hydrogen (secondary N) is 1. The first-order valence-electron chi connectivity index (χ1n) is 7.73. The van der Waals surface area contributed by atoms with Gasteiger partial charge in [-0.25, -0.2) is 4.39 Å². The molecule has 2 aromatic rings. The molecule has 1 aliphatic heterocycles. The fourth-order valence-corrected chi connectivity index (χ4v) is 2.64. The molecule has 0 spiro atoms. The van der Waals surface area contributed by atoms with Gasteiger partial charge in [-0.1, -0.05) is 17.7 Å². The minimum Gasteiger partial charge on any atom is -0.491 e. The third-order valence-electron chi connectivity index (χ3n) is 3.78. The molecule has 1 heterocycles. The summed E-state index contributed by atoms with van der Waals surface area (Å²) in [5.74, 6) is -0.401. The lowest BCUT2D eigenvalue weighted by Gasteiger charge is -2.12. The van der Waals surface area contributed by atoms with Crippen molar-refractivity contribution in [3.8, 4) is 5.75 Å². The molecule has 1 fully saturated rings. The Labute approximate surface area is 144 Å². The highest BCUT2D eigenvalue weighted by Gasteiger charge is 2.16. The molecule has 24 heavy (non-hydrogen) atoms. The number of carbonyl (C=O) groups is 1. The number of rotatable bonds is 5. The van der Waals surface area contributed by atoms with E-state index in [0.717, 1.165) is 19.4 Å². The predicted octanol–water partition coefficient (Wildman–Crippen LogP) is 4.29. The first-order chi connectivity index (χ1) is 11.6. The molecular weight excluding hydrogens is 333 g/mol. The second-order valence-electron chi connectivity index (χ2n) is 5.53. The van der Waals surface area contributed by atoms with Crippen molar-refractivity contribution in [2.24, 2.45) is 0 Å². The first-order valence-corrected chi connectivity index (χ1v) is 8.11. The maximum absolute atomic E-state index is 13.8. The number of hydrogen-bond donors (Lipinski definition) is 1. The molecule has 3 rings (SSSR count). The van der Waals surface area contributed by atoms with Crippen LogP contribution in [0.1, 0.15) is 23.2 Å². The van der Waals surface area contributed by atoms with E-state index in [1.165, 1.54) is 12.1 Å². The minimum absolute atomic E-state index is 0.0364. The second-order valence-corrected chi connectivity index (χ2v) is 5.93. The first kappa shape index (κ1) is 16.7. The summed E-state index contributed by atoms with van der Waals surface area (Å²) in [6, 6.07) is 11.1. The number of amides is 1. The van der Waals surface area contributed by atoms with Crippen LogP contribution in [0.25, 0.3) is 0 Å². The van der Waals surface area contributed by atoms with Crippen molar-refractivity contribution in [3.05, 3.63) is 58.9 Å². The Morgan fingerprint density at radius 1 is 1.29 bits per heavy atom. The monoisotopic (exact) mass is 349 g/mol. The standard InChI is InChI=1S/C18H17ClFNO3/c19-15-4-1-5-16(17(15)20)21-18(22)12-6-8-13(9-7-12)24-11-14-3-2-10-23-14/h1,4-9,14H,2-3,10-11H2,(H,21,22). The van der Waals surface area contributed by atoms with E-state index >= 15 is 0 Å². The van der Waals surface area contributed by atoms with Crippen molar-refractivity contribution in [1.29, 1.82) is 0 Å². The summed E-state index contributed by atoms with van der Waals surface area (Å²) in [6.07, 6.45) is 2.21. The average Bonchev–Trinajstić information content (AvgIpc) is 3.11. The van der Waals surface area contributed by atoms with Crippen molar-refractivity contribution in [3.63, 3.8) is 0 Å². The van der Waals surface area contributed by atoms with E-state index in [1.54, 1.807) is 30.3 Å². The third kappa shape index (κ3) is 4.04. The van der Waals surface area contributed by atoms with E-state index in [1.807, 2.05) is 0 Å². The highest BCUT2D eigenvalue weighted by atomic mass is 35.5. The summed E-state index contributed by atoms with van der Waals surface area (Å²) in [7, 11) is 0. The van der Waals surface area contributed by atoms with E-state index in [0.29, 0.717) is 17.9 Å². The van der Waals surface area contributed by atoms with E-state index in [9.17, 15) is 9.18 Å². The van der Waals surface area contributed by atoms with Gasteiger partial charge in [0.15, 0.2) is 5.82 Å². The SMILES string of the molecule is O=C(Nc1cccc(Cl)c1F)c1ccc(OCC2CCCO2)cc1. The molecule has 4 nitrogen and oxygen atoms in total. The number of halogens is 2. The van der Waals surface area contributed by atoms with Crippen LogP contribution in [0, 0.1) is 5.82 Å². The van der Waals surface area contributed by atoms with Gasteiger partial charge in [-0.2, -0.15) is 0 Å². The average molecular weight is 350 g/mol. The Morgan fingerprint density at radius 2 is 2.08 bits per heavy atom. The molecule has 1 unspecified atom stereocenters. The Bertz CT molecular complexity index is 715. The van der Waals surface area contributed by atoms with Gasteiger partial charge >= 0.3 is 0 Å². The molecule has 0 saturated carbocycles. The van der Waals surface area contributed by atoms with Crippen LogP contribution in [0.3, 0.4) is 0 Å². The minimum atomic E-state index is -0.649. The van der Waals surface area contributed by atoms with Gasteiger partial charge in [0.05, 0.1) is 16.8 Å². The number of ether oxygens (including phenoxy) is 2. The molecular formula is C18H17ClFNO3. The number of anilines is 1. The smallest absolute Gasteiger partial charge is 0.255 e. The third-order valence-corrected chi connectivity index (χ3v) is 4.07. The van der Waals surface area contributed by atoms with Crippen molar-refractivity contribution in [1.82, 2.24) is 0 Å². The summed E-state index contributed by atoms with van der Waals surface area (Å²) in [5, 5.41) is 2.47. The zero-order chi connectivity index (χ0) is 16.9. The van der Waals surface area contributed by atoms with Crippen LogP contribution < -0.4 is 10.1 Å². The number of benzene rings is 2. The molecule has 6 heteroatoms. The zero-order valence-electron chi connectivity index (χ0n) is 12.9. The Kier molecular flexibility index (Phi) is 5.33. The van der Waals surface area contributed by atoms with Crippen LogP contribution >= 0.6 is 11.6 Å². The maximum Gasteiger partial charge on any atom is 0.255 e. The second kappa shape index (κ2) is 7.64. The van der Waals surface area contributed by atoms with Crippen molar-refractivity contribution in [2.75, 3.05) is 18.5 Å². The van der Waals surface area contributed by atoms with Gasteiger partial charge in [0.2, 0.25) is 0 Å². The molecule has 0 bridgehead atoms. The lowest BCUT2D eigenvalue weighted by molar-refractivity contribution is 0.0679. The molecule has 1 saturated heterocycles. The van der Waals surface area contributed by atoms with Crippen LogP contribution in [0.4, 0.5) is 10.1 Å². The van der Waals surface area contributed by atoms with Gasteiger partial charge in [0.25, 0.3) is 5.91 Å². The summed E-state index contributed by atoms with van der Waals surface area (Å²) < 4.78 is 24.9. The van der Waals surface area contributed by atoms with Crippen LogP contribution in [0.15, 0.2) is 42.5 Å². The van der Waals surface area contributed by atoms with Crippen LogP contribution in [0.5, 0.6) is 5.75 Å². The lowest BCUT2D eigenvalue weighted by atomic mass is 10.2. The Balaban J connectivity index is 1.60. The summed E-state index contributed by atoms with van der Waals surface area (Å²) >= 11 is 5.70. The topological polar surface area (TPSA) is 47.6 Å². The molecule has 0 aliphatic carbocycles. The van der Waals surface area contributed by atoms with Crippen molar-refractivity contribution < 1.29 is 18.7 Å². The van der Waals surface area contributed by atoms with E-state index in [-0.39, 0.29) is 16.8 Å². The fourth-order valence-electron chi connectivity index (χ4n) is 2.46. The molecule has 0 radical (unpaired) electrons. The Hall–Kier alpha value is -2.11. The van der Waals surface area contributed by atoms with Gasteiger partial charge in [0.1, 0.15) is 12.4 Å². The fraction of sp³-hybridized carbons (Fsp3) is 0.278. The summed E-state index contributed by atoms with van der Waals surface area (Å²) in [6.45, 7) is 1.28. The van der Waals surface area contributed by atoms with E-state index in [4.69, 9.17) is 21.1 Å². The molecule has 1 atom stereocenters. The maximum atomic E-state index is 13.8. The van der Waals surface area contributed by atoms with Crippen molar-refractivity contribution >= 4 is 23.2 Å². The lowest BCUT2D eigenvalue weighted by Crippen LogP contribution is -2.16. The number of hydrogen-bond acceptors (Lipinski definition) is 3. The highest BCUT2D eigenvalue weighted by Crippen LogP contribution is 2.23. The summed E-state index contributed by atoms with van der Waals surface area (Å²) in [5.41, 5.74) is 0.449. The van der Waals surface area contributed by atoms with Crippen LogP contribution in [-0.4, -0.2) is 25.2 Å². The van der Waals surface area contributed by atoms with Crippen LogP contribution in [0.2, 0.25) is 5.02 Å². The van der Waals surface area contributed by atoms with E-state index < -0.39 is 11.7 Å². The largest absolute Gasteiger partial charge is 0.491 e. The zero-order valence-corrected chi connectivity index (χ0v) is 13.7. The molecule has 1 aliphatic rings. The predicted molar refractivity (Wildman–Crippen MR) is 90.3 cm³/mol.